The maximum absolute atomic E-state index is 12.2. The largest absolute Gasteiger partial charge is 0.444 e. The summed E-state index contributed by atoms with van der Waals surface area (Å²) in [7, 11) is 0. The second-order valence-corrected chi connectivity index (χ2v) is 7.25. The van der Waals surface area contributed by atoms with Gasteiger partial charge in [-0.15, -0.1) is 0 Å². The summed E-state index contributed by atoms with van der Waals surface area (Å²) in [5.74, 6) is 0.922. The highest BCUT2D eigenvalue weighted by molar-refractivity contribution is 5.92. The predicted octanol–water partition coefficient (Wildman–Crippen LogP) is 2.59. The molecule has 7 heteroatoms. The number of piperazine rings is 1. The Morgan fingerprint density at radius 3 is 2.40 bits per heavy atom. The molecule has 0 spiro atoms. The van der Waals surface area contributed by atoms with Crippen molar-refractivity contribution in [2.45, 2.75) is 33.3 Å². The third-order valence-electron chi connectivity index (χ3n) is 4.09. The number of hydrogen-bond donors (Lipinski definition) is 0. The first-order valence-corrected chi connectivity index (χ1v) is 8.46. The zero-order chi connectivity index (χ0) is 18.2. The maximum Gasteiger partial charge on any atom is 0.410 e. The van der Waals surface area contributed by atoms with Gasteiger partial charge in [-0.05, 0) is 32.9 Å². The van der Waals surface area contributed by atoms with Gasteiger partial charge in [0.1, 0.15) is 22.8 Å². The SMILES string of the molecule is CC(=O)c1cn2c(N3CCN(C(=O)OC(C)(C)C)CC3)cccc2n1. The van der Waals surface area contributed by atoms with Gasteiger partial charge in [0.2, 0.25) is 0 Å². The molecule has 0 bridgehead atoms. The summed E-state index contributed by atoms with van der Waals surface area (Å²) >= 11 is 0. The van der Waals surface area contributed by atoms with Gasteiger partial charge < -0.3 is 14.5 Å². The number of carbonyl (C=O) groups is 2. The van der Waals surface area contributed by atoms with Gasteiger partial charge >= 0.3 is 6.09 Å². The Kier molecular flexibility index (Phi) is 4.41. The van der Waals surface area contributed by atoms with E-state index in [-0.39, 0.29) is 11.9 Å². The number of fused-ring (bicyclic) bond motifs is 1. The molecule has 1 fully saturated rings. The molecule has 0 unspecified atom stereocenters. The minimum absolute atomic E-state index is 0.0515. The number of hydrogen-bond acceptors (Lipinski definition) is 5. The third-order valence-corrected chi connectivity index (χ3v) is 4.09. The van der Waals surface area contributed by atoms with Crippen LogP contribution in [0.2, 0.25) is 0 Å². The number of nitrogens with zero attached hydrogens (tertiary/aromatic N) is 4. The van der Waals surface area contributed by atoms with Crippen molar-refractivity contribution in [1.29, 1.82) is 0 Å². The lowest BCUT2D eigenvalue weighted by molar-refractivity contribution is 0.0240. The van der Waals surface area contributed by atoms with Gasteiger partial charge in [0.25, 0.3) is 0 Å². The van der Waals surface area contributed by atoms with Crippen molar-refractivity contribution in [3.8, 4) is 0 Å². The molecule has 0 radical (unpaired) electrons. The molecule has 3 rings (SSSR count). The van der Waals surface area contributed by atoms with Crippen molar-refractivity contribution in [1.82, 2.24) is 14.3 Å². The van der Waals surface area contributed by atoms with Gasteiger partial charge in [-0.25, -0.2) is 9.78 Å². The molecular weight excluding hydrogens is 320 g/mol. The lowest BCUT2D eigenvalue weighted by Gasteiger charge is -2.36. The van der Waals surface area contributed by atoms with Crippen LogP contribution in [0.1, 0.15) is 38.2 Å². The second kappa shape index (κ2) is 6.38. The molecule has 134 valence electrons. The number of anilines is 1. The van der Waals surface area contributed by atoms with E-state index < -0.39 is 5.60 Å². The molecule has 0 atom stereocenters. The standard InChI is InChI=1S/C18H24N4O3/c1-13(23)14-12-22-15(19-14)6-5-7-16(22)20-8-10-21(11-9-20)17(24)25-18(2,3)4/h5-7,12H,8-11H2,1-4H3. The van der Waals surface area contributed by atoms with Crippen LogP contribution in [0.25, 0.3) is 5.65 Å². The Hall–Kier alpha value is -2.57. The highest BCUT2D eigenvalue weighted by atomic mass is 16.6. The summed E-state index contributed by atoms with van der Waals surface area (Å²) in [5, 5.41) is 0. The fourth-order valence-corrected chi connectivity index (χ4v) is 2.87. The van der Waals surface area contributed by atoms with Crippen LogP contribution in [-0.4, -0.2) is 57.9 Å². The molecule has 1 aliphatic heterocycles. The van der Waals surface area contributed by atoms with Crippen molar-refractivity contribution in [3.63, 3.8) is 0 Å². The fraction of sp³-hybridized carbons (Fsp3) is 0.500. The first kappa shape index (κ1) is 17.3. The summed E-state index contributed by atoms with van der Waals surface area (Å²) in [6.45, 7) is 9.71. The first-order valence-electron chi connectivity index (χ1n) is 8.46. The number of pyridine rings is 1. The van der Waals surface area contributed by atoms with Gasteiger partial charge in [0.05, 0.1) is 0 Å². The topological polar surface area (TPSA) is 67.2 Å². The minimum Gasteiger partial charge on any atom is -0.444 e. The lowest BCUT2D eigenvalue weighted by Crippen LogP contribution is -2.50. The number of imidazole rings is 1. The molecule has 0 N–H and O–H groups in total. The molecule has 1 amide bonds. The normalized spacial score (nSPS) is 15.5. The Bertz CT molecular complexity index is 798. The third kappa shape index (κ3) is 3.75. The molecule has 7 nitrogen and oxygen atoms in total. The summed E-state index contributed by atoms with van der Waals surface area (Å²) in [4.78, 5) is 32.0. The van der Waals surface area contributed by atoms with Crippen LogP contribution in [0.3, 0.4) is 0 Å². The van der Waals surface area contributed by atoms with E-state index in [0.29, 0.717) is 31.9 Å². The summed E-state index contributed by atoms with van der Waals surface area (Å²) < 4.78 is 7.36. The quantitative estimate of drug-likeness (QED) is 0.784. The molecule has 1 saturated heterocycles. The smallest absolute Gasteiger partial charge is 0.410 e. The number of aromatic nitrogens is 2. The second-order valence-electron chi connectivity index (χ2n) is 7.25. The van der Waals surface area contributed by atoms with Crippen LogP contribution < -0.4 is 4.90 Å². The van der Waals surface area contributed by atoms with E-state index in [1.54, 1.807) is 11.1 Å². The Balaban J connectivity index is 1.74. The van der Waals surface area contributed by atoms with E-state index in [1.165, 1.54) is 6.92 Å². The van der Waals surface area contributed by atoms with E-state index in [0.717, 1.165) is 11.5 Å². The average molecular weight is 344 g/mol. The number of amides is 1. The maximum atomic E-state index is 12.2. The van der Waals surface area contributed by atoms with Gasteiger partial charge in [0.15, 0.2) is 5.78 Å². The Morgan fingerprint density at radius 2 is 1.80 bits per heavy atom. The number of rotatable bonds is 2. The van der Waals surface area contributed by atoms with Crippen LogP contribution in [0.5, 0.6) is 0 Å². The minimum atomic E-state index is -0.486. The molecule has 2 aromatic rings. The highest BCUT2D eigenvalue weighted by Crippen LogP contribution is 2.20. The number of Topliss-reactive ketones (excluding diaryl/α,β-unsaturated/α-hetero) is 1. The van der Waals surface area contributed by atoms with Crippen molar-refractivity contribution in [2.24, 2.45) is 0 Å². The molecule has 3 heterocycles. The van der Waals surface area contributed by atoms with Crippen molar-refractivity contribution < 1.29 is 14.3 Å². The van der Waals surface area contributed by atoms with E-state index >= 15 is 0 Å². The zero-order valence-electron chi connectivity index (χ0n) is 15.2. The van der Waals surface area contributed by atoms with Crippen molar-refractivity contribution in [3.05, 3.63) is 30.1 Å². The Labute approximate surface area is 147 Å². The van der Waals surface area contributed by atoms with Gasteiger partial charge in [-0.1, -0.05) is 6.07 Å². The van der Waals surface area contributed by atoms with E-state index in [2.05, 4.69) is 9.88 Å². The monoisotopic (exact) mass is 344 g/mol. The van der Waals surface area contributed by atoms with Crippen molar-refractivity contribution >= 4 is 23.3 Å². The van der Waals surface area contributed by atoms with Gasteiger partial charge in [-0.3, -0.25) is 9.20 Å². The fourth-order valence-electron chi connectivity index (χ4n) is 2.87. The Morgan fingerprint density at radius 1 is 1.12 bits per heavy atom. The molecule has 0 aliphatic carbocycles. The molecule has 0 aromatic carbocycles. The molecule has 1 aliphatic rings. The van der Waals surface area contributed by atoms with E-state index in [9.17, 15) is 9.59 Å². The number of carbonyl (C=O) groups excluding carboxylic acids is 2. The van der Waals surface area contributed by atoms with E-state index in [1.807, 2.05) is 43.4 Å². The van der Waals surface area contributed by atoms with E-state index in [4.69, 9.17) is 4.74 Å². The van der Waals surface area contributed by atoms with Crippen molar-refractivity contribution in [2.75, 3.05) is 31.1 Å². The zero-order valence-corrected chi connectivity index (χ0v) is 15.2. The number of ether oxygens (including phenoxy) is 1. The van der Waals surface area contributed by atoms with Crippen LogP contribution in [0, 0.1) is 0 Å². The van der Waals surface area contributed by atoms with Gasteiger partial charge in [-0.2, -0.15) is 0 Å². The van der Waals surface area contributed by atoms with Crippen LogP contribution in [-0.2, 0) is 4.74 Å². The van der Waals surface area contributed by atoms with Crippen LogP contribution in [0.15, 0.2) is 24.4 Å². The molecule has 2 aromatic heterocycles. The first-order chi connectivity index (χ1) is 11.7. The summed E-state index contributed by atoms with van der Waals surface area (Å²) in [6, 6.07) is 5.82. The molecule has 25 heavy (non-hydrogen) atoms. The highest BCUT2D eigenvalue weighted by Gasteiger charge is 2.26. The number of ketones is 1. The summed E-state index contributed by atoms with van der Waals surface area (Å²) in [5.41, 5.74) is 0.719. The van der Waals surface area contributed by atoms with Crippen LogP contribution in [0.4, 0.5) is 10.6 Å². The summed E-state index contributed by atoms with van der Waals surface area (Å²) in [6.07, 6.45) is 1.50. The van der Waals surface area contributed by atoms with Crippen LogP contribution >= 0.6 is 0 Å². The molecular formula is C18H24N4O3. The average Bonchev–Trinajstić information content (AvgIpc) is 2.98. The predicted molar refractivity (Wildman–Crippen MR) is 95.2 cm³/mol. The molecule has 0 saturated carbocycles. The van der Waals surface area contributed by atoms with Gasteiger partial charge in [0, 0.05) is 39.3 Å². The lowest BCUT2D eigenvalue weighted by atomic mass is 10.2.